The number of carboxylic acid groups (broad SMARTS) is 1. The van der Waals surface area contributed by atoms with Crippen LogP contribution in [-0.4, -0.2) is 70.2 Å². The number of hydrogen-bond acceptors (Lipinski definition) is 8. The van der Waals surface area contributed by atoms with Crippen LogP contribution in [0.1, 0.15) is 5.56 Å². The molecule has 2 aromatic carbocycles. The van der Waals surface area contributed by atoms with Crippen molar-refractivity contribution in [2.24, 2.45) is 0 Å². The summed E-state index contributed by atoms with van der Waals surface area (Å²) in [5.74, 6) is -1.63. The number of carbonyl (C=O) groups is 2. The van der Waals surface area contributed by atoms with Gasteiger partial charge in [0.1, 0.15) is 24.1 Å². The van der Waals surface area contributed by atoms with E-state index in [2.05, 4.69) is 0 Å². The number of aliphatic hydroxyl groups excluding tert-OH is 3. The Morgan fingerprint density at radius 3 is 2.36 bits per heavy atom. The molecule has 9 heteroatoms. The number of esters is 1. The maximum atomic E-state index is 12.2. The molecular weight excluding hydrogens is 372 g/mol. The summed E-state index contributed by atoms with van der Waals surface area (Å²) in [6, 6.07) is 10.8. The van der Waals surface area contributed by atoms with Gasteiger partial charge in [0.2, 0.25) is 6.29 Å². The van der Waals surface area contributed by atoms with Gasteiger partial charge in [-0.05, 0) is 28.5 Å². The Bertz CT molecular complexity index is 881. The highest BCUT2D eigenvalue weighted by atomic mass is 16.7. The minimum atomic E-state index is -1.85. The number of benzene rings is 2. The van der Waals surface area contributed by atoms with Crippen molar-refractivity contribution in [1.29, 1.82) is 0 Å². The van der Waals surface area contributed by atoms with Gasteiger partial charge in [-0.25, -0.2) is 4.79 Å². The van der Waals surface area contributed by atoms with Gasteiger partial charge in [-0.2, -0.15) is 0 Å². The van der Waals surface area contributed by atoms with Gasteiger partial charge in [0, 0.05) is 0 Å². The summed E-state index contributed by atoms with van der Waals surface area (Å²) >= 11 is 0. The first-order chi connectivity index (χ1) is 13.3. The summed E-state index contributed by atoms with van der Waals surface area (Å²) < 4.78 is 15.1. The number of fused-ring (bicyclic) bond motifs is 1. The zero-order valence-corrected chi connectivity index (χ0v) is 14.9. The number of carboxylic acids is 1. The van der Waals surface area contributed by atoms with Gasteiger partial charge in [0.05, 0.1) is 13.5 Å². The maximum absolute atomic E-state index is 12.2. The lowest BCUT2D eigenvalue weighted by molar-refractivity contribution is -0.286. The molecule has 28 heavy (non-hydrogen) atoms. The van der Waals surface area contributed by atoms with E-state index < -0.39 is 42.6 Å². The van der Waals surface area contributed by atoms with Crippen molar-refractivity contribution >= 4 is 22.7 Å². The third-order valence-electron chi connectivity index (χ3n) is 4.52. The number of aliphatic hydroxyl groups is 3. The number of rotatable bonds is 5. The second-order valence-corrected chi connectivity index (χ2v) is 6.45. The highest BCUT2D eigenvalue weighted by Gasteiger charge is 2.48. The molecule has 0 spiro atoms. The van der Waals surface area contributed by atoms with Gasteiger partial charge in [0.15, 0.2) is 6.10 Å². The second kappa shape index (κ2) is 8.11. The average molecular weight is 392 g/mol. The summed E-state index contributed by atoms with van der Waals surface area (Å²) in [6.45, 7) is 0. The smallest absolute Gasteiger partial charge is 0.335 e. The summed E-state index contributed by atoms with van der Waals surface area (Å²) in [7, 11) is 1.57. The summed E-state index contributed by atoms with van der Waals surface area (Å²) in [6.07, 6.45) is -9.16. The Hall–Kier alpha value is -2.72. The van der Waals surface area contributed by atoms with Crippen molar-refractivity contribution in [3.63, 3.8) is 0 Å². The van der Waals surface area contributed by atoms with Crippen molar-refractivity contribution < 1.29 is 44.2 Å². The van der Waals surface area contributed by atoms with Gasteiger partial charge in [0.25, 0.3) is 0 Å². The van der Waals surface area contributed by atoms with Crippen molar-refractivity contribution in [1.82, 2.24) is 0 Å². The van der Waals surface area contributed by atoms with Crippen LogP contribution in [0.25, 0.3) is 10.8 Å². The number of hydrogen-bond donors (Lipinski definition) is 4. The number of ether oxygens (including phenoxy) is 3. The Labute approximate surface area is 159 Å². The molecule has 0 radical (unpaired) electrons. The Balaban J connectivity index is 1.69. The minimum absolute atomic E-state index is 0.162. The van der Waals surface area contributed by atoms with E-state index in [0.717, 1.165) is 10.8 Å². The van der Waals surface area contributed by atoms with Gasteiger partial charge in [-0.1, -0.05) is 24.3 Å². The van der Waals surface area contributed by atoms with E-state index in [0.29, 0.717) is 11.3 Å². The SMILES string of the molecule is COc1ccc2cc(CC(=O)O[C@@H]3O[C@H](C(=O)O)[C@@H](O)[C@H](O)[C@H]3O)ccc2c1. The zero-order chi connectivity index (χ0) is 20.4. The van der Waals surface area contributed by atoms with E-state index in [-0.39, 0.29) is 6.42 Å². The largest absolute Gasteiger partial charge is 0.497 e. The fraction of sp³-hybridized carbons (Fsp3) is 0.368. The van der Waals surface area contributed by atoms with E-state index in [1.807, 2.05) is 18.2 Å². The summed E-state index contributed by atoms with van der Waals surface area (Å²) in [4.78, 5) is 23.3. The van der Waals surface area contributed by atoms with Gasteiger partial charge >= 0.3 is 11.9 Å². The first-order valence-corrected chi connectivity index (χ1v) is 8.49. The number of carbonyl (C=O) groups excluding carboxylic acids is 1. The minimum Gasteiger partial charge on any atom is -0.497 e. The number of methoxy groups -OCH3 is 1. The first kappa shape index (κ1) is 20.0. The third-order valence-corrected chi connectivity index (χ3v) is 4.52. The van der Waals surface area contributed by atoms with Crippen LogP contribution < -0.4 is 4.74 Å². The third kappa shape index (κ3) is 4.07. The molecule has 2 aromatic rings. The van der Waals surface area contributed by atoms with Crippen molar-refractivity contribution in [3.05, 3.63) is 42.0 Å². The van der Waals surface area contributed by atoms with Crippen LogP contribution in [0.3, 0.4) is 0 Å². The van der Waals surface area contributed by atoms with Crippen LogP contribution in [0.15, 0.2) is 36.4 Å². The van der Waals surface area contributed by atoms with E-state index in [1.165, 1.54) is 0 Å². The van der Waals surface area contributed by atoms with E-state index in [1.54, 1.807) is 25.3 Å². The second-order valence-electron chi connectivity index (χ2n) is 6.45. The molecule has 0 aliphatic carbocycles. The molecule has 9 nitrogen and oxygen atoms in total. The molecule has 3 rings (SSSR count). The van der Waals surface area contributed by atoms with Gasteiger partial charge in [-0.15, -0.1) is 0 Å². The van der Waals surface area contributed by atoms with Crippen LogP contribution in [0.4, 0.5) is 0 Å². The normalized spacial score (nSPS) is 27.4. The van der Waals surface area contributed by atoms with E-state index >= 15 is 0 Å². The predicted octanol–water partition coefficient (Wildman–Crippen LogP) is -0.174. The molecule has 0 saturated carbocycles. The Morgan fingerprint density at radius 1 is 1.00 bits per heavy atom. The molecule has 0 amide bonds. The molecule has 1 heterocycles. The lowest BCUT2D eigenvalue weighted by Gasteiger charge is -2.37. The molecule has 150 valence electrons. The Morgan fingerprint density at radius 2 is 1.68 bits per heavy atom. The standard InChI is InChI=1S/C19H20O9/c1-26-12-5-4-10-6-9(2-3-11(10)8-12)7-13(20)27-19-16(23)14(21)15(22)17(28-19)18(24)25/h2-6,8,14-17,19,21-23H,7H2,1H3,(H,24,25)/t14-,15-,16+,17-,19+/m0/s1. The monoisotopic (exact) mass is 392 g/mol. The zero-order valence-electron chi connectivity index (χ0n) is 14.9. The van der Waals surface area contributed by atoms with Gasteiger partial charge < -0.3 is 34.6 Å². The molecule has 1 saturated heterocycles. The fourth-order valence-corrected chi connectivity index (χ4v) is 3.00. The highest BCUT2D eigenvalue weighted by Crippen LogP contribution is 2.24. The number of aliphatic carboxylic acids is 1. The van der Waals surface area contributed by atoms with E-state index in [9.17, 15) is 24.9 Å². The van der Waals surface area contributed by atoms with E-state index in [4.69, 9.17) is 19.3 Å². The van der Waals surface area contributed by atoms with Gasteiger partial charge in [-0.3, -0.25) is 4.79 Å². The first-order valence-electron chi connectivity index (χ1n) is 8.49. The van der Waals surface area contributed by atoms with Crippen molar-refractivity contribution in [3.8, 4) is 5.75 Å². The molecule has 0 bridgehead atoms. The summed E-state index contributed by atoms with van der Waals surface area (Å²) in [5, 5.41) is 40.1. The molecule has 5 atom stereocenters. The van der Waals surface area contributed by atoms with Crippen molar-refractivity contribution in [2.75, 3.05) is 7.11 Å². The molecule has 1 fully saturated rings. The summed E-state index contributed by atoms with van der Waals surface area (Å²) in [5.41, 5.74) is 0.628. The maximum Gasteiger partial charge on any atom is 0.335 e. The fourth-order valence-electron chi connectivity index (χ4n) is 3.00. The lowest BCUT2D eigenvalue weighted by atomic mass is 9.99. The lowest BCUT2D eigenvalue weighted by Crippen LogP contribution is -2.60. The highest BCUT2D eigenvalue weighted by molar-refractivity contribution is 5.85. The Kier molecular flexibility index (Phi) is 5.80. The van der Waals surface area contributed by atoms with Crippen LogP contribution in [0, 0.1) is 0 Å². The molecule has 0 aromatic heterocycles. The average Bonchev–Trinajstić information content (AvgIpc) is 2.67. The van der Waals surface area contributed by atoms with Crippen LogP contribution in [0.2, 0.25) is 0 Å². The topological polar surface area (TPSA) is 143 Å². The predicted molar refractivity (Wildman–Crippen MR) is 94.6 cm³/mol. The quantitative estimate of drug-likeness (QED) is 0.510. The molecule has 4 N–H and O–H groups in total. The van der Waals surface area contributed by atoms with Crippen molar-refractivity contribution in [2.45, 2.75) is 37.1 Å². The van der Waals surface area contributed by atoms with Crippen LogP contribution >= 0.6 is 0 Å². The molecule has 1 aliphatic rings. The molecular formula is C19H20O9. The van der Waals surface area contributed by atoms with Crippen LogP contribution in [0.5, 0.6) is 5.75 Å². The molecule has 1 aliphatic heterocycles. The molecule has 0 unspecified atom stereocenters. The van der Waals surface area contributed by atoms with Crippen LogP contribution in [-0.2, 0) is 25.5 Å².